The third-order valence-electron chi connectivity index (χ3n) is 3.87. The summed E-state index contributed by atoms with van der Waals surface area (Å²) < 4.78 is 17.3. The van der Waals surface area contributed by atoms with Gasteiger partial charge >= 0.3 is 0 Å². The molecule has 1 heterocycles. The molecule has 2 aromatic carbocycles. The lowest BCUT2D eigenvalue weighted by molar-refractivity contribution is 0.0100. The highest BCUT2D eigenvalue weighted by Crippen LogP contribution is 2.31. The summed E-state index contributed by atoms with van der Waals surface area (Å²) in [7, 11) is 0. The van der Waals surface area contributed by atoms with Crippen molar-refractivity contribution in [3.8, 4) is 10.6 Å². The summed E-state index contributed by atoms with van der Waals surface area (Å²) in [5.74, 6) is 0.903. The Bertz CT molecular complexity index is 790. The highest BCUT2D eigenvalue weighted by molar-refractivity contribution is 7.99. The molecule has 0 bridgehead atoms. The molecule has 1 N–H and O–H groups in total. The van der Waals surface area contributed by atoms with Gasteiger partial charge in [0.1, 0.15) is 5.01 Å². The van der Waals surface area contributed by atoms with E-state index < -0.39 is 0 Å². The lowest BCUT2D eigenvalue weighted by atomic mass is 10.2. The SMILES string of the molecule is OCCOCCOCCOCCSc1ccc(-c2nc3ccccc3s2)cc1. The minimum Gasteiger partial charge on any atom is -0.394 e. The van der Waals surface area contributed by atoms with Crippen molar-refractivity contribution in [1.82, 2.24) is 4.98 Å². The largest absolute Gasteiger partial charge is 0.394 e. The van der Waals surface area contributed by atoms with Gasteiger partial charge < -0.3 is 19.3 Å². The van der Waals surface area contributed by atoms with Crippen LogP contribution in [-0.4, -0.2) is 62.1 Å². The number of para-hydroxylation sites is 1. The molecule has 3 aromatic rings. The van der Waals surface area contributed by atoms with Crippen LogP contribution >= 0.6 is 23.1 Å². The first-order valence-electron chi connectivity index (χ1n) is 9.30. The molecule has 0 saturated heterocycles. The molecule has 0 radical (unpaired) electrons. The summed E-state index contributed by atoms with van der Waals surface area (Å²) in [5, 5.41) is 9.63. The van der Waals surface area contributed by atoms with Crippen LogP contribution in [0.25, 0.3) is 20.8 Å². The van der Waals surface area contributed by atoms with Crippen molar-refractivity contribution < 1.29 is 19.3 Å². The van der Waals surface area contributed by atoms with Gasteiger partial charge in [0.25, 0.3) is 0 Å². The van der Waals surface area contributed by atoms with Gasteiger partial charge in [-0.25, -0.2) is 4.98 Å². The molecule has 7 heteroatoms. The van der Waals surface area contributed by atoms with E-state index >= 15 is 0 Å². The van der Waals surface area contributed by atoms with Gasteiger partial charge in [-0.3, -0.25) is 0 Å². The number of aromatic nitrogens is 1. The smallest absolute Gasteiger partial charge is 0.124 e. The summed E-state index contributed by atoms with van der Waals surface area (Å²) in [6, 6.07) is 16.8. The Morgan fingerprint density at radius 1 is 0.821 bits per heavy atom. The summed E-state index contributed by atoms with van der Waals surface area (Å²) in [6.07, 6.45) is 0. The second-order valence-corrected chi connectivity index (χ2v) is 8.12. The minimum absolute atomic E-state index is 0.0471. The Morgan fingerprint density at radius 2 is 1.50 bits per heavy atom. The van der Waals surface area contributed by atoms with Crippen molar-refractivity contribution in [2.24, 2.45) is 0 Å². The zero-order valence-corrected chi connectivity index (χ0v) is 17.3. The molecular formula is C21H25NO4S2. The molecule has 0 fully saturated rings. The van der Waals surface area contributed by atoms with Gasteiger partial charge in [0, 0.05) is 16.2 Å². The fourth-order valence-corrected chi connectivity index (χ4v) is 4.25. The number of thioether (sulfide) groups is 1. The number of nitrogens with zero attached hydrogens (tertiary/aromatic N) is 1. The van der Waals surface area contributed by atoms with Crippen LogP contribution in [0.2, 0.25) is 0 Å². The molecule has 0 aliphatic heterocycles. The lowest BCUT2D eigenvalue weighted by Gasteiger charge is -2.06. The second kappa shape index (κ2) is 12.2. The topological polar surface area (TPSA) is 60.8 Å². The van der Waals surface area contributed by atoms with Gasteiger partial charge in [-0.05, 0) is 24.3 Å². The summed E-state index contributed by atoms with van der Waals surface area (Å²) >= 11 is 3.50. The van der Waals surface area contributed by atoms with Gasteiger partial charge in [-0.15, -0.1) is 23.1 Å². The first kappa shape index (κ1) is 21.2. The third-order valence-corrected chi connectivity index (χ3v) is 5.93. The first-order valence-corrected chi connectivity index (χ1v) is 11.1. The molecule has 5 nitrogen and oxygen atoms in total. The normalized spacial score (nSPS) is 11.3. The number of fused-ring (bicyclic) bond motifs is 1. The van der Waals surface area contributed by atoms with E-state index in [1.54, 1.807) is 23.1 Å². The van der Waals surface area contributed by atoms with Crippen LogP contribution in [0.4, 0.5) is 0 Å². The van der Waals surface area contributed by atoms with Crippen molar-refractivity contribution in [1.29, 1.82) is 0 Å². The fourth-order valence-electron chi connectivity index (χ4n) is 2.51. The molecule has 0 atom stereocenters. The number of aliphatic hydroxyl groups excluding tert-OH is 1. The number of rotatable bonds is 13. The summed E-state index contributed by atoms with van der Waals surface area (Å²) in [6.45, 7) is 3.27. The van der Waals surface area contributed by atoms with E-state index in [9.17, 15) is 0 Å². The van der Waals surface area contributed by atoms with Gasteiger partial charge in [-0.1, -0.05) is 24.3 Å². The standard InChI is InChI=1S/C21H25NO4S2/c23-9-10-24-11-12-25-13-14-26-15-16-27-18-7-5-17(6-8-18)21-22-19-3-1-2-4-20(19)28-21/h1-8,23H,9-16H2. The van der Waals surface area contributed by atoms with Gasteiger partial charge in [0.2, 0.25) is 0 Å². The lowest BCUT2D eigenvalue weighted by Crippen LogP contribution is -2.11. The second-order valence-electron chi connectivity index (χ2n) is 5.92. The van der Waals surface area contributed by atoms with Crippen LogP contribution in [0.1, 0.15) is 0 Å². The Labute approximate surface area is 173 Å². The van der Waals surface area contributed by atoms with Gasteiger partial charge in [0.15, 0.2) is 0 Å². The molecule has 3 rings (SSSR count). The number of ether oxygens (including phenoxy) is 3. The third kappa shape index (κ3) is 6.84. The van der Waals surface area contributed by atoms with Crippen molar-refractivity contribution in [3.05, 3.63) is 48.5 Å². The Hall–Kier alpha value is -1.48. The van der Waals surface area contributed by atoms with E-state index in [1.165, 1.54) is 9.60 Å². The van der Waals surface area contributed by atoms with Crippen molar-refractivity contribution in [2.45, 2.75) is 4.90 Å². The molecule has 1 aromatic heterocycles. The fraction of sp³-hybridized carbons (Fsp3) is 0.381. The number of hydrogen-bond acceptors (Lipinski definition) is 7. The van der Waals surface area contributed by atoms with E-state index in [1.807, 2.05) is 12.1 Å². The zero-order valence-electron chi connectivity index (χ0n) is 15.7. The maximum atomic E-state index is 8.57. The first-order chi connectivity index (χ1) is 13.9. The Balaban J connectivity index is 1.31. The predicted octanol–water partition coefficient (Wildman–Crippen LogP) is 4.10. The average molecular weight is 420 g/mol. The van der Waals surface area contributed by atoms with E-state index in [4.69, 9.17) is 24.3 Å². The zero-order chi connectivity index (χ0) is 19.4. The Kier molecular flexibility index (Phi) is 9.22. The molecule has 28 heavy (non-hydrogen) atoms. The molecular weight excluding hydrogens is 394 g/mol. The number of benzene rings is 2. The highest BCUT2D eigenvalue weighted by Gasteiger charge is 2.05. The van der Waals surface area contributed by atoms with Gasteiger partial charge in [0.05, 0.1) is 56.5 Å². The average Bonchev–Trinajstić information content (AvgIpc) is 3.17. The molecule has 0 unspecified atom stereocenters. The summed E-state index contributed by atoms with van der Waals surface area (Å²) in [5.41, 5.74) is 2.21. The number of hydrogen-bond donors (Lipinski definition) is 1. The van der Waals surface area contributed by atoms with Crippen molar-refractivity contribution in [3.63, 3.8) is 0 Å². The van der Waals surface area contributed by atoms with Crippen LogP contribution < -0.4 is 0 Å². The summed E-state index contributed by atoms with van der Waals surface area (Å²) in [4.78, 5) is 5.93. The van der Waals surface area contributed by atoms with E-state index in [-0.39, 0.29) is 6.61 Å². The van der Waals surface area contributed by atoms with E-state index in [0.29, 0.717) is 39.6 Å². The maximum Gasteiger partial charge on any atom is 0.124 e. The van der Waals surface area contributed by atoms with Crippen LogP contribution in [0.3, 0.4) is 0 Å². The highest BCUT2D eigenvalue weighted by atomic mass is 32.2. The number of aliphatic hydroxyl groups is 1. The molecule has 0 aliphatic carbocycles. The Morgan fingerprint density at radius 3 is 2.21 bits per heavy atom. The maximum absolute atomic E-state index is 8.57. The molecule has 0 spiro atoms. The van der Waals surface area contributed by atoms with Gasteiger partial charge in [-0.2, -0.15) is 0 Å². The predicted molar refractivity (Wildman–Crippen MR) is 115 cm³/mol. The molecule has 150 valence electrons. The van der Waals surface area contributed by atoms with Crippen LogP contribution in [0.15, 0.2) is 53.4 Å². The minimum atomic E-state index is 0.0471. The van der Waals surface area contributed by atoms with E-state index in [2.05, 4.69) is 36.4 Å². The van der Waals surface area contributed by atoms with E-state index in [0.717, 1.165) is 21.8 Å². The quantitative estimate of drug-likeness (QED) is 0.333. The molecule has 0 amide bonds. The molecule has 0 aliphatic rings. The van der Waals surface area contributed by atoms with Crippen molar-refractivity contribution in [2.75, 3.05) is 52.0 Å². The van der Waals surface area contributed by atoms with Crippen LogP contribution in [0, 0.1) is 0 Å². The van der Waals surface area contributed by atoms with Crippen molar-refractivity contribution >= 4 is 33.3 Å². The number of thiazole rings is 1. The van der Waals surface area contributed by atoms with Crippen LogP contribution in [0.5, 0.6) is 0 Å². The molecule has 0 saturated carbocycles. The van der Waals surface area contributed by atoms with Crippen LogP contribution in [-0.2, 0) is 14.2 Å². The monoisotopic (exact) mass is 419 g/mol.